The van der Waals surface area contributed by atoms with Crippen molar-refractivity contribution in [2.45, 2.75) is 59.2 Å². The summed E-state index contributed by atoms with van der Waals surface area (Å²) in [6, 6.07) is 7.87. The van der Waals surface area contributed by atoms with E-state index in [2.05, 4.69) is 24.5 Å². The van der Waals surface area contributed by atoms with E-state index in [4.69, 9.17) is 4.74 Å². The zero-order valence-corrected chi connectivity index (χ0v) is 13.1. The Kier molecular flexibility index (Phi) is 6.36. The fraction of sp³-hybridized carbons (Fsp3) is 0.562. The summed E-state index contributed by atoms with van der Waals surface area (Å²) in [6.45, 7) is 10.1. The van der Waals surface area contributed by atoms with E-state index in [1.165, 1.54) is 0 Å². The molecule has 0 bridgehead atoms. The molecule has 4 heteroatoms. The Hall–Kier alpha value is -1.71. The summed E-state index contributed by atoms with van der Waals surface area (Å²) in [6.07, 6.45) is 0.526. The molecule has 2 N–H and O–H groups in total. The third kappa shape index (κ3) is 5.11. The lowest BCUT2D eigenvalue weighted by atomic mass is 10.0. The van der Waals surface area contributed by atoms with Crippen molar-refractivity contribution in [1.29, 1.82) is 0 Å². The van der Waals surface area contributed by atoms with E-state index in [1.807, 2.05) is 45.0 Å². The standard InChI is InChI=1S/C16H26N2O2/c1-6-12(4)17-16(19)18-13(5)20-15-10-8-7-9-14(15)11(2)3/h7-13H,6H2,1-5H3,(H2,17,18,19). The first kappa shape index (κ1) is 16.3. The lowest BCUT2D eigenvalue weighted by molar-refractivity contribution is 0.174. The molecule has 0 aromatic heterocycles. The van der Waals surface area contributed by atoms with Gasteiger partial charge in [-0.05, 0) is 37.8 Å². The topological polar surface area (TPSA) is 50.4 Å². The van der Waals surface area contributed by atoms with Crippen LogP contribution in [0.5, 0.6) is 5.75 Å². The highest BCUT2D eigenvalue weighted by molar-refractivity contribution is 5.74. The first-order valence-corrected chi connectivity index (χ1v) is 7.26. The van der Waals surface area contributed by atoms with E-state index in [1.54, 1.807) is 0 Å². The van der Waals surface area contributed by atoms with Gasteiger partial charge in [0.1, 0.15) is 5.75 Å². The van der Waals surface area contributed by atoms with Crippen LogP contribution in [-0.2, 0) is 0 Å². The van der Waals surface area contributed by atoms with Crippen molar-refractivity contribution < 1.29 is 9.53 Å². The number of benzene rings is 1. The van der Waals surface area contributed by atoms with E-state index in [0.717, 1.165) is 17.7 Å². The average Bonchev–Trinajstić information content (AvgIpc) is 2.38. The van der Waals surface area contributed by atoms with E-state index in [9.17, 15) is 4.79 Å². The van der Waals surface area contributed by atoms with Gasteiger partial charge in [0.25, 0.3) is 0 Å². The molecule has 0 saturated carbocycles. The fourth-order valence-corrected chi connectivity index (χ4v) is 1.84. The first-order chi connectivity index (χ1) is 9.43. The number of rotatable bonds is 6. The zero-order chi connectivity index (χ0) is 15.1. The zero-order valence-electron chi connectivity index (χ0n) is 13.1. The molecule has 20 heavy (non-hydrogen) atoms. The number of hydrogen-bond donors (Lipinski definition) is 2. The molecule has 0 heterocycles. The van der Waals surface area contributed by atoms with Crippen LogP contribution < -0.4 is 15.4 Å². The summed E-state index contributed by atoms with van der Waals surface area (Å²) < 4.78 is 5.82. The summed E-state index contributed by atoms with van der Waals surface area (Å²) in [4.78, 5) is 11.7. The van der Waals surface area contributed by atoms with E-state index < -0.39 is 0 Å². The molecule has 0 saturated heterocycles. The lowest BCUT2D eigenvalue weighted by Gasteiger charge is -2.21. The van der Waals surface area contributed by atoms with Crippen molar-refractivity contribution in [3.8, 4) is 5.75 Å². The van der Waals surface area contributed by atoms with Crippen LogP contribution in [0, 0.1) is 0 Å². The summed E-state index contributed by atoms with van der Waals surface area (Å²) in [5.74, 6) is 1.20. The van der Waals surface area contributed by atoms with E-state index in [-0.39, 0.29) is 18.3 Å². The van der Waals surface area contributed by atoms with Gasteiger partial charge in [0.15, 0.2) is 6.23 Å². The lowest BCUT2D eigenvalue weighted by Crippen LogP contribution is -2.46. The van der Waals surface area contributed by atoms with Gasteiger partial charge in [-0.3, -0.25) is 0 Å². The second-order valence-electron chi connectivity index (χ2n) is 5.38. The Morgan fingerprint density at radius 1 is 1.15 bits per heavy atom. The highest BCUT2D eigenvalue weighted by Gasteiger charge is 2.13. The largest absolute Gasteiger partial charge is 0.471 e. The van der Waals surface area contributed by atoms with Crippen molar-refractivity contribution in [2.24, 2.45) is 0 Å². The Morgan fingerprint density at radius 2 is 1.80 bits per heavy atom. The van der Waals surface area contributed by atoms with Crippen LogP contribution in [0.2, 0.25) is 0 Å². The molecule has 1 rings (SSSR count). The van der Waals surface area contributed by atoms with Crippen molar-refractivity contribution in [3.63, 3.8) is 0 Å². The number of carbonyl (C=O) groups excluding carboxylic acids is 1. The van der Waals surface area contributed by atoms with Crippen LogP contribution in [0.15, 0.2) is 24.3 Å². The predicted octanol–water partition coefficient (Wildman–Crippen LogP) is 3.63. The van der Waals surface area contributed by atoms with Crippen molar-refractivity contribution in [2.75, 3.05) is 0 Å². The molecule has 0 aliphatic rings. The summed E-state index contributed by atoms with van der Waals surface area (Å²) in [5, 5.41) is 5.64. The molecule has 2 atom stereocenters. The third-order valence-corrected chi connectivity index (χ3v) is 3.17. The van der Waals surface area contributed by atoms with Gasteiger partial charge in [-0.25, -0.2) is 4.79 Å². The Balaban J connectivity index is 2.58. The van der Waals surface area contributed by atoms with E-state index >= 15 is 0 Å². The molecule has 0 aliphatic heterocycles. The van der Waals surface area contributed by atoms with E-state index in [0.29, 0.717) is 5.92 Å². The summed E-state index contributed by atoms with van der Waals surface area (Å²) >= 11 is 0. The van der Waals surface area contributed by atoms with Crippen LogP contribution >= 0.6 is 0 Å². The van der Waals surface area contributed by atoms with Crippen molar-refractivity contribution in [3.05, 3.63) is 29.8 Å². The second kappa shape index (κ2) is 7.78. The summed E-state index contributed by atoms with van der Waals surface area (Å²) in [7, 11) is 0. The predicted molar refractivity (Wildman–Crippen MR) is 82.0 cm³/mol. The first-order valence-electron chi connectivity index (χ1n) is 7.26. The molecule has 2 unspecified atom stereocenters. The Bertz CT molecular complexity index is 432. The molecule has 1 aromatic rings. The number of urea groups is 1. The number of para-hydroxylation sites is 1. The van der Waals surface area contributed by atoms with Crippen molar-refractivity contribution >= 4 is 6.03 Å². The highest BCUT2D eigenvalue weighted by Crippen LogP contribution is 2.26. The van der Waals surface area contributed by atoms with Gasteiger partial charge < -0.3 is 15.4 Å². The summed E-state index contributed by atoms with van der Waals surface area (Å²) in [5.41, 5.74) is 1.14. The molecule has 0 spiro atoms. The minimum absolute atomic E-state index is 0.158. The molecule has 4 nitrogen and oxygen atoms in total. The minimum atomic E-state index is -0.376. The molecule has 112 valence electrons. The van der Waals surface area contributed by atoms with Crippen LogP contribution in [0.1, 0.15) is 52.5 Å². The second-order valence-corrected chi connectivity index (χ2v) is 5.38. The number of nitrogens with one attached hydrogen (secondary N) is 2. The third-order valence-electron chi connectivity index (χ3n) is 3.17. The van der Waals surface area contributed by atoms with Gasteiger partial charge in [0, 0.05) is 6.04 Å². The molecule has 2 amide bonds. The molecular weight excluding hydrogens is 252 g/mol. The minimum Gasteiger partial charge on any atom is -0.471 e. The smallest absolute Gasteiger partial charge is 0.317 e. The SMILES string of the molecule is CCC(C)NC(=O)NC(C)Oc1ccccc1C(C)C. The van der Waals surface area contributed by atoms with Gasteiger partial charge in [-0.2, -0.15) is 0 Å². The number of carbonyl (C=O) groups is 1. The van der Waals surface area contributed by atoms with Gasteiger partial charge >= 0.3 is 6.03 Å². The Morgan fingerprint density at radius 3 is 2.40 bits per heavy atom. The number of ether oxygens (including phenoxy) is 1. The van der Waals surface area contributed by atoms with Gasteiger partial charge in [-0.1, -0.05) is 39.0 Å². The molecule has 1 aromatic carbocycles. The van der Waals surface area contributed by atoms with Crippen LogP contribution in [0.25, 0.3) is 0 Å². The maximum Gasteiger partial charge on any atom is 0.317 e. The maximum absolute atomic E-state index is 11.7. The Labute approximate surface area is 121 Å². The highest BCUT2D eigenvalue weighted by atomic mass is 16.5. The monoisotopic (exact) mass is 278 g/mol. The number of hydrogen-bond acceptors (Lipinski definition) is 2. The normalized spacial score (nSPS) is 13.7. The molecular formula is C16H26N2O2. The quantitative estimate of drug-likeness (QED) is 0.781. The molecule has 0 fully saturated rings. The molecule has 0 radical (unpaired) electrons. The maximum atomic E-state index is 11.7. The number of amides is 2. The van der Waals surface area contributed by atoms with Gasteiger partial charge in [0.2, 0.25) is 0 Å². The van der Waals surface area contributed by atoms with Gasteiger partial charge in [-0.15, -0.1) is 0 Å². The van der Waals surface area contributed by atoms with Gasteiger partial charge in [0.05, 0.1) is 0 Å². The van der Waals surface area contributed by atoms with Crippen LogP contribution in [0.4, 0.5) is 4.79 Å². The molecule has 0 aliphatic carbocycles. The average molecular weight is 278 g/mol. The van der Waals surface area contributed by atoms with Crippen molar-refractivity contribution in [1.82, 2.24) is 10.6 Å². The fourth-order valence-electron chi connectivity index (χ4n) is 1.84. The van der Waals surface area contributed by atoms with Crippen LogP contribution in [0.3, 0.4) is 0 Å². The van der Waals surface area contributed by atoms with Crippen LogP contribution in [-0.4, -0.2) is 18.3 Å².